The molecule has 33 heavy (non-hydrogen) atoms. The molecule has 166 valence electrons. The summed E-state index contributed by atoms with van der Waals surface area (Å²) in [6.45, 7) is 3.46. The number of imidazole rings is 1. The summed E-state index contributed by atoms with van der Waals surface area (Å²) in [7, 11) is 1.55. The maximum atomic E-state index is 15.2. The molecule has 7 nitrogen and oxygen atoms in total. The molecular weight excluding hydrogens is 421 g/mol. The number of hydrogen-bond acceptors (Lipinski definition) is 6. The van der Waals surface area contributed by atoms with E-state index in [0.717, 1.165) is 18.7 Å². The van der Waals surface area contributed by atoms with Crippen molar-refractivity contribution in [2.75, 3.05) is 33.4 Å². The van der Waals surface area contributed by atoms with Crippen molar-refractivity contribution in [3.63, 3.8) is 0 Å². The van der Waals surface area contributed by atoms with Crippen LogP contribution in [0, 0.1) is 17.1 Å². The Morgan fingerprint density at radius 3 is 2.58 bits per heavy atom. The van der Waals surface area contributed by atoms with Crippen LogP contribution in [-0.4, -0.2) is 52.7 Å². The van der Waals surface area contributed by atoms with Gasteiger partial charge in [-0.2, -0.15) is 10.2 Å². The Balaban J connectivity index is 1.62. The second kappa shape index (κ2) is 8.98. The Morgan fingerprint density at radius 2 is 1.88 bits per heavy atom. The fourth-order valence-corrected chi connectivity index (χ4v) is 4.11. The van der Waals surface area contributed by atoms with Gasteiger partial charge in [-0.1, -0.05) is 24.3 Å². The summed E-state index contributed by atoms with van der Waals surface area (Å²) < 4.78 is 27.8. The SMILES string of the molecule is COc1nc(-c2ccc(C#N)cc2)c(-c2ccc(CN3CCOCC3)c(F)c2)c2nccn12. The fourth-order valence-electron chi connectivity index (χ4n) is 4.11. The van der Waals surface area contributed by atoms with E-state index in [4.69, 9.17) is 19.7 Å². The van der Waals surface area contributed by atoms with Crippen molar-refractivity contribution in [1.82, 2.24) is 19.3 Å². The third-order valence-electron chi connectivity index (χ3n) is 5.82. The van der Waals surface area contributed by atoms with Crippen molar-refractivity contribution in [3.05, 3.63) is 71.8 Å². The topological polar surface area (TPSA) is 75.7 Å². The molecule has 0 atom stereocenters. The van der Waals surface area contributed by atoms with Gasteiger partial charge in [0.15, 0.2) is 5.65 Å². The molecule has 2 aromatic carbocycles. The van der Waals surface area contributed by atoms with Gasteiger partial charge in [-0.25, -0.2) is 9.37 Å². The first-order chi connectivity index (χ1) is 16.2. The monoisotopic (exact) mass is 443 g/mol. The molecule has 0 aliphatic carbocycles. The van der Waals surface area contributed by atoms with Crippen molar-refractivity contribution in [1.29, 1.82) is 5.26 Å². The Morgan fingerprint density at radius 1 is 1.12 bits per heavy atom. The average Bonchev–Trinajstić information content (AvgIpc) is 3.35. The van der Waals surface area contributed by atoms with E-state index < -0.39 is 0 Å². The number of nitrogens with zero attached hydrogens (tertiary/aromatic N) is 5. The van der Waals surface area contributed by atoms with Gasteiger partial charge in [0.1, 0.15) is 5.82 Å². The van der Waals surface area contributed by atoms with Crippen LogP contribution in [0.25, 0.3) is 28.0 Å². The molecule has 0 N–H and O–H groups in total. The lowest BCUT2D eigenvalue weighted by Crippen LogP contribution is -2.35. The molecule has 1 fully saturated rings. The number of fused-ring (bicyclic) bond motifs is 1. The van der Waals surface area contributed by atoms with Crippen LogP contribution in [0.15, 0.2) is 54.9 Å². The van der Waals surface area contributed by atoms with E-state index in [0.29, 0.717) is 59.4 Å². The van der Waals surface area contributed by atoms with Gasteiger partial charge >= 0.3 is 6.01 Å². The summed E-state index contributed by atoms with van der Waals surface area (Å²) in [5.74, 6) is -0.273. The maximum Gasteiger partial charge on any atom is 0.302 e. The lowest BCUT2D eigenvalue weighted by atomic mass is 9.98. The van der Waals surface area contributed by atoms with Gasteiger partial charge in [-0.05, 0) is 23.8 Å². The molecule has 1 aliphatic rings. The zero-order valence-electron chi connectivity index (χ0n) is 18.2. The highest BCUT2D eigenvalue weighted by Crippen LogP contribution is 2.36. The van der Waals surface area contributed by atoms with Gasteiger partial charge in [0.25, 0.3) is 0 Å². The first-order valence-electron chi connectivity index (χ1n) is 10.7. The van der Waals surface area contributed by atoms with Gasteiger partial charge in [0, 0.05) is 43.2 Å². The highest BCUT2D eigenvalue weighted by atomic mass is 19.1. The van der Waals surface area contributed by atoms with Crippen LogP contribution >= 0.6 is 0 Å². The van der Waals surface area contributed by atoms with Crippen LogP contribution < -0.4 is 4.74 Å². The summed E-state index contributed by atoms with van der Waals surface area (Å²) in [5, 5.41) is 9.15. The van der Waals surface area contributed by atoms with Crippen LogP contribution in [0.1, 0.15) is 11.1 Å². The van der Waals surface area contributed by atoms with E-state index in [1.54, 1.807) is 42.1 Å². The van der Waals surface area contributed by atoms with E-state index in [1.165, 1.54) is 0 Å². The third-order valence-corrected chi connectivity index (χ3v) is 5.82. The fraction of sp³-hybridized carbons (Fsp3) is 0.240. The van der Waals surface area contributed by atoms with E-state index in [-0.39, 0.29) is 5.82 Å². The Bertz CT molecular complexity index is 1340. The van der Waals surface area contributed by atoms with Crippen molar-refractivity contribution in [3.8, 4) is 34.5 Å². The Hall–Kier alpha value is -3.80. The molecule has 2 aromatic heterocycles. The maximum absolute atomic E-state index is 15.2. The minimum absolute atomic E-state index is 0.273. The largest absolute Gasteiger partial charge is 0.468 e. The molecule has 5 rings (SSSR count). The van der Waals surface area contributed by atoms with E-state index in [9.17, 15) is 0 Å². The predicted molar refractivity (Wildman–Crippen MR) is 121 cm³/mol. The summed E-state index contributed by atoms with van der Waals surface area (Å²) in [6.07, 6.45) is 3.42. The van der Waals surface area contributed by atoms with Crippen LogP contribution in [0.2, 0.25) is 0 Å². The molecule has 0 amide bonds. The molecule has 8 heteroatoms. The number of rotatable bonds is 5. The highest BCUT2D eigenvalue weighted by Gasteiger charge is 2.20. The predicted octanol–water partition coefficient (Wildman–Crippen LogP) is 3.91. The molecule has 0 saturated carbocycles. The molecule has 1 aliphatic heterocycles. The summed E-state index contributed by atoms with van der Waals surface area (Å²) >= 11 is 0. The summed E-state index contributed by atoms with van der Waals surface area (Å²) in [6, 6.07) is 14.9. The molecule has 1 saturated heterocycles. The molecule has 0 spiro atoms. The number of benzene rings is 2. The molecule has 0 radical (unpaired) electrons. The molecular formula is C25H22FN5O2. The van der Waals surface area contributed by atoms with Gasteiger partial charge in [0.05, 0.1) is 43.2 Å². The van der Waals surface area contributed by atoms with Crippen molar-refractivity contribution in [2.24, 2.45) is 0 Å². The minimum Gasteiger partial charge on any atom is -0.468 e. The second-order valence-corrected chi connectivity index (χ2v) is 7.83. The Labute approximate surface area is 190 Å². The Kier molecular flexibility index (Phi) is 5.73. The zero-order valence-corrected chi connectivity index (χ0v) is 18.2. The molecule has 4 aromatic rings. The minimum atomic E-state index is -0.273. The van der Waals surface area contributed by atoms with E-state index in [2.05, 4.69) is 16.0 Å². The molecule has 3 heterocycles. The van der Waals surface area contributed by atoms with Crippen LogP contribution in [0.4, 0.5) is 4.39 Å². The van der Waals surface area contributed by atoms with Crippen molar-refractivity contribution < 1.29 is 13.9 Å². The first kappa shape index (κ1) is 21.1. The van der Waals surface area contributed by atoms with Gasteiger partial charge in [-0.3, -0.25) is 9.30 Å². The number of ether oxygens (including phenoxy) is 2. The summed E-state index contributed by atoms with van der Waals surface area (Å²) in [5.41, 5.74) is 4.56. The van der Waals surface area contributed by atoms with Gasteiger partial charge in [0.2, 0.25) is 0 Å². The molecule has 0 unspecified atom stereocenters. The first-order valence-corrected chi connectivity index (χ1v) is 10.7. The highest BCUT2D eigenvalue weighted by molar-refractivity contribution is 5.90. The lowest BCUT2D eigenvalue weighted by molar-refractivity contribution is 0.0337. The number of aromatic nitrogens is 3. The average molecular weight is 443 g/mol. The van der Waals surface area contributed by atoms with Gasteiger partial charge in [-0.15, -0.1) is 0 Å². The summed E-state index contributed by atoms with van der Waals surface area (Å²) in [4.78, 5) is 11.4. The molecule has 0 bridgehead atoms. The van der Waals surface area contributed by atoms with Crippen molar-refractivity contribution in [2.45, 2.75) is 6.54 Å². The van der Waals surface area contributed by atoms with E-state index in [1.807, 2.05) is 24.3 Å². The normalized spacial score (nSPS) is 14.3. The van der Waals surface area contributed by atoms with Crippen molar-refractivity contribution >= 4 is 5.65 Å². The number of nitriles is 1. The second-order valence-electron chi connectivity index (χ2n) is 7.83. The van der Waals surface area contributed by atoms with E-state index >= 15 is 4.39 Å². The number of morpholine rings is 1. The number of halogens is 1. The van der Waals surface area contributed by atoms with Crippen LogP contribution in [0.3, 0.4) is 0 Å². The quantitative estimate of drug-likeness (QED) is 0.466. The third kappa shape index (κ3) is 4.04. The number of hydrogen-bond donors (Lipinski definition) is 0. The standard InChI is InChI=1S/C25H22FN5O2/c1-32-25-29-23(18-4-2-17(15-27)3-5-18)22(24-28-8-9-31(24)25)19-6-7-20(21(26)14-19)16-30-10-12-33-13-11-30/h2-9,14H,10-13,16H2,1H3. The lowest BCUT2D eigenvalue weighted by Gasteiger charge is -2.26. The zero-order chi connectivity index (χ0) is 22.8. The number of methoxy groups -OCH3 is 1. The van der Waals surface area contributed by atoms with Crippen LogP contribution in [0.5, 0.6) is 6.01 Å². The van der Waals surface area contributed by atoms with Gasteiger partial charge < -0.3 is 9.47 Å². The van der Waals surface area contributed by atoms with Crippen LogP contribution in [-0.2, 0) is 11.3 Å². The smallest absolute Gasteiger partial charge is 0.302 e.